The molecule has 2 heterocycles. The Balaban J connectivity index is 1.46. The first-order valence-corrected chi connectivity index (χ1v) is 7.87. The Morgan fingerprint density at radius 1 is 1.26 bits per heavy atom. The number of carbonyl (C=O) groups is 2. The predicted molar refractivity (Wildman–Crippen MR) is 87.5 cm³/mol. The number of hydrogen-bond donors (Lipinski definition) is 1. The number of carbonyl (C=O) groups excluding carboxylic acids is 2. The molecule has 1 aromatic heterocycles. The van der Waals surface area contributed by atoms with Gasteiger partial charge in [-0.1, -0.05) is 18.2 Å². The van der Waals surface area contributed by atoms with Crippen molar-refractivity contribution in [3.8, 4) is 0 Å². The van der Waals surface area contributed by atoms with Crippen molar-refractivity contribution in [2.45, 2.75) is 26.2 Å². The molecule has 5 nitrogen and oxygen atoms in total. The van der Waals surface area contributed by atoms with Crippen LogP contribution in [0.3, 0.4) is 0 Å². The van der Waals surface area contributed by atoms with Crippen LogP contribution in [0.1, 0.15) is 34.5 Å². The van der Waals surface area contributed by atoms with Gasteiger partial charge in [0.1, 0.15) is 0 Å². The first-order valence-electron chi connectivity index (χ1n) is 7.87. The lowest BCUT2D eigenvalue weighted by Crippen LogP contribution is -2.30. The largest absolute Gasteiger partial charge is 0.459 e. The summed E-state index contributed by atoms with van der Waals surface area (Å²) in [6.07, 6.45) is 3.45. The normalized spacial score (nSPS) is 13.0. The number of nitrogens with one attached hydrogen (secondary N) is 1. The van der Waals surface area contributed by atoms with E-state index in [4.69, 9.17) is 4.42 Å². The summed E-state index contributed by atoms with van der Waals surface area (Å²) in [4.78, 5) is 26.1. The monoisotopic (exact) mass is 312 g/mol. The van der Waals surface area contributed by atoms with Crippen LogP contribution in [0.2, 0.25) is 0 Å². The average Bonchev–Trinajstić information content (AvgIpc) is 3.17. The number of benzene rings is 1. The molecule has 0 bridgehead atoms. The molecular weight excluding hydrogens is 292 g/mol. The second-order valence-corrected chi connectivity index (χ2v) is 5.72. The summed E-state index contributed by atoms with van der Waals surface area (Å²) in [5.74, 6) is 0.217. The minimum Gasteiger partial charge on any atom is -0.459 e. The highest BCUT2D eigenvalue weighted by Crippen LogP contribution is 2.27. The highest BCUT2D eigenvalue weighted by atomic mass is 16.3. The van der Waals surface area contributed by atoms with Gasteiger partial charge in [0, 0.05) is 30.8 Å². The van der Waals surface area contributed by atoms with Gasteiger partial charge in [0.15, 0.2) is 5.76 Å². The van der Waals surface area contributed by atoms with Gasteiger partial charge in [0.05, 0.1) is 6.26 Å². The molecule has 2 aromatic rings. The van der Waals surface area contributed by atoms with Gasteiger partial charge in [-0.3, -0.25) is 9.59 Å². The third-order valence-corrected chi connectivity index (χ3v) is 4.11. The second kappa shape index (κ2) is 6.69. The van der Waals surface area contributed by atoms with E-state index in [0.717, 1.165) is 24.2 Å². The third-order valence-electron chi connectivity index (χ3n) is 4.11. The first-order chi connectivity index (χ1) is 11.2. The molecule has 120 valence electrons. The Morgan fingerprint density at radius 2 is 2.09 bits per heavy atom. The Morgan fingerprint density at radius 3 is 2.87 bits per heavy atom. The van der Waals surface area contributed by atoms with E-state index < -0.39 is 0 Å². The van der Waals surface area contributed by atoms with E-state index in [2.05, 4.69) is 11.4 Å². The molecule has 0 fully saturated rings. The van der Waals surface area contributed by atoms with E-state index in [1.54, 1.807) is 6.07 Å². The number of hydrogen-bond acceptors (Lipinski definition) is 3. The molecule has 0 radical (unpaired) electrons. The smallest absolute Gasteiger partial charge is 0.287 e. The topological polar surface area (TPSA) is 62.6 Å². The fourth-order valence-electron chi connectivity index (χ4n) is 2.86. The summed E-state index contributed by atoms with van der Waals surface area (Å²) in [6.45, 7) is 3.03. The van der Waals surface area contributed by atoms with E-state index in [9.17, 15) is 9.59 Å². The van der Waals surface area contributed by atoms with Gasteiger partial charge < -0.3 is 14.6 Å². The van der Waals surface area contributed by atoms with Gasteiger partial charge in [-0.25, -0.2) is 0 Å². The Hall–Kier alpha value is -2.56. The van der Waals surface area contributed by atoms with Gasteiger partial charge in [-0.2, -0.15) is 0 Å². The first kappa shape index (κ1) is 15.3. The van der Waals surface area contributed by atoms with Crippen molar-refractivity contribution in [3.05, 3.63) is 53.5 Å². The van der Waals surface area contributed by atoms with Crippen LogP contribution in [0.15, 0.2) is 41.0 Å². The number of amides is 2. The van der Waals surface area contributed by atoms with Crippen LogP contribution in [0.4, 0.5) is 5.69 Å². The number of furan rings is 1. The standard InChI is InChI=1S/C18H20N2O3/c1-13-9-12-23-17(13)18(22)19-10-4-7-16(21)20-11-8-14-5-2-3-6-15(14)20/h2-3,5-6,9,12H,4,7-8,10-11H2,1H3,(H,19,22). The highest BCUT2D eigenvalue weighted by Gasteiger charge is 2.23. The number of rotatable bonds is 5. The van der Waals surface area contributed by atoms with Crippen molar-refractivity contribution in [2.75, 3.05) is 18.0 Å². The van der Waals surface area contributed by atoms with Crippen LogP contribution in [0.5, 0.6) is 0 Å². The molecule has 2 amide bonds. The molecule has 0 atom stereocenters. The minimum atomic E-state index is -0.230. The Kier molecular flexibility index (Phi) is 4.46. The lowest BCUT2D eigenvalue weighted by atomic mass is 10.2. The molecule has 0 aliphatic carbocycles. The predicted octanol–water partition coefficient (Wildman–Crippen LogP) is 2.69. The van der Waals surface area contributed by atoms with E-state index in [1.807, 2.05) is 30.0 Å². The van der Waals surface area contributed by atoms with Crippen molar-refractivity contribution in [1.82, 2.24) is 5.32 Å². The van der Waals surface area contributed by atoms with Crippen molar-refractivity contribution in [2.24, 2.45) is 0 Å². The molecule has 1 aliphatic rings. The van der Waals surface area contributed by atoms with Crippen molar-refractivity contribution >= 4 is 17.5 Å². The van der Waals surface area contributed by atoms with E-state index in [0.29, 0.717) is 25.1 Å². The molecule has 0 unspecified atom stereocenters. The molecule has 23 heavy (non-hydrogen) atoms. The summed E-state index contributed by atoms with van der Waals surface area (Å²) in [6, 6.07) is 9.76. The lowest BCUT2D eigenvalue weighted by Gasteiger charge is -2.17. The Labute approximate surface area is 135 Å². The SMILES string of the molecule is Cc1ccoc1C(=O)NCCCC(=O)N1CCc2ccccc21. The molecular formula is C18H20N2O3. The number of anilines is 1. The van der Waals surface area contributed by atoms with Crippen LogP contribution in [0, 0.1) is 6.92 Å². The summed E-state index contributed by atoms with van der Waals surface area (Å²) >= 11 is 0. The van der Waals surface area contributed by atoms with Gasteiger partial charge >= 0.3 is 0 Å². The average molecular weight is 312 g/mol. The zero-order valence-electron chi connectivity index (χ0n) is 13.2. The lowest BCUT2D eigenvalue weighted by molar-refractivity contribution is -0.118. The number of para-hydroxylation sites is 1. The molecule has 1 aliphatic heterocycles. The van der Waals surface area contributed by atoms with Crippen LogP contribution < -0.4 is 10.2 Å². The Bertz CT molecular complexity index is 721. The van der Waals surface area contributed by atoms with E-state index in [-0.39, 0.29) is 11.8 Å². The van der Waals surface area contributed by atoms with Crippen LogP contribution in [0.25, 0.3) is 0 Å². The van der Waals surface area contributed by atoms with Crippen LogP contribution in [-0.4, -0.2) is 24.9 Å². The van der Waals surface area contributed by atoms with Crippen LogP contribution in [-0.2, 0) is 11.2 Å². The van der Waals surface area contributed by atoms with Gasteiger partial charge in [0.2, 0.25) is 5.91 Å². The van der Waals surface area contributed by atoms with Crippen LogP contribution >= 0.6 is 0 Å². The molecule has 1 N–H and O–H groups in total. The van der Waals surface area contributed by atoms with Gasteiger partial charge in [-0.05, 0) is 37.5 Å². The minimum absolute atomic E-state index is 0.110. The van der Waals surface area contributed by atoms with Gasteiger partial charge in [-0.15, -0.1) is 0 Å². The molecule has 0 spiro atoms. The maximum atomic E-state index is 12.3. The summed E-state index contributed by atoms with van der Waals surface area (Å²) in [7, 11) is 0. The summed E-state index contributed by atoms with van der Waals surface area (Å²) in [5.41, 5.74) is 3.06. The number of aryl methyl sites for hydroxylation is 1. The highest BCUT2D eigenvalue weighted by molar-refractivity contribution is 5.95. The fourth-order valence-corrected chi connectivity index (χ4v) is 2.86. The number of fused-ring (bicyclic) bond motifs is 1. The molecule has 3 rings (SSSR count). The maximum absolute atomic E-state index is 12.3. The maximum Gasteiger partial charge on any atom is 0.287 e. The van der Waals surface area contributed by atoms with Crippen molar-refractivity contribution < 1.29 is 14.0 Å². The summed E-state index contributed by atoms with van der Waals surface area (Å²) < 4.78 is 5.14. The zero-order chi connectivity index (χ0) is 16.2. The van der Waals surface area contributed by atoms with Crippen molar-refractivity contribution in [1.29, 1.82) is 0 Å². The van der Waals surface area contributed by atoms with Crippen molar-refractivity contribution in [3.63, 3.8) is 0 Å². The number of nitrogens with zero attached hydrogens (tertiary/aromatic N) is 1. The third kappa shape index (κ3) is 3.28. The van der Waals surface area contributed by atoms with Gasteiger partial charge in [0.25, 0.3) is 5.91 Å². The van der Waals surface area contributed by atoms with E-state index in [1.165, 1.54) is 11.8 Å². The fraction of sp³-hybridized carbons (Fsp3) is 0.333. The molecule has 1 aromatic carbocycles. The summed E-state index contributed by atoms with van der Waals surface area (Å²) in [5, 5.41) is 2.79. The molecule has 0 saturated carbocycles. The quantitative estimate of drug-likeness (QED) is 0.863. The van der Waals surface area contributed by atoms with E-state index >= 15 is 0 Å². The molecule has 0 saturated heterocycles. The molecule has 5 heteroatoms. The second-order valence-electron chi connectivity index (χ2n) is 5.72. The zero-order valence-corrected chi connectivity index (χ0v) is 13.2.